The van der Waals surface area contributed by atoms with Crippen LogP contribution in [-0.4, -0.2) is 0 Å². The maximum absolute atomic E-state index is 4.09. The first-order valence-electron chi connectivity index (χ1n) is 5.69. The van der Waals surface area contributed by atoms with Crippen LogP contribution in [0.2, 0.25) is 0 Å². The highest BCUT2D eigenvalue weighted by atomic mass is 14.0. The second kappa shape index (κ2) is 4.84. The zero-order chi connectivity index (χ0) is 12.3. The average Bonchev–Trinajstić information content (AvgIpc) is 2.33. The van der Waals surface area contributed by atoms with Crippen LogP contribution in [0.1, 0.15) is 5.56 Å². The van der Waals surface area contributed by atoms with E-state index in [4.69, 9.17) is 0 Å². The van der Waals surface area contributed by atoms with Gasteiger partial charge in [0.15, 0.2) is 0 Å². The van der Waals surface area contributed by atoms with Crippen molar-refractivity contribution in [3.8, 4) is 0 Å². The van der Waals surface area contributed by atoms with E-state index in [1.54, 1.807) is 0 Å². The highest BCUT2D eigenvalue weighted by Crippen LogP contribution is 2.11. The highest BCUT2D eigenvalue weighted by Gasteiger charge is 1.92. The molecule has 2 aromatic rings. The maximum atomic E-state index is 4.09. The lowest BCUT2D eigenvalue weighted by Crippen LogP contribution is -2.00. The van der Waals surface area contributed by atoms with Crippen molar-refractivity contribution in [1.29, 1.82) is 0 Å². The molecule has 0 heterocycles. The summed E-state index contributed by atoms with van der Waals surface area (Å²) in [4.78, 5) is 0. The first-order chi connectivity index (χ1) is 8.18. The lowest BCUT2D eigenvalue weighted by Gasteiger charge is -1.98. The van der Waals surface area contributed by atoms with Crippen LogP contribution in [0, 0.1) is 6.92 Å². The number of fused-ring (bicyclic) bond motifs is 1. The number of hydrogen-bond donors (Lipinski definition) is 0. The van der Waals surface area contributed by atoms with Crippen molar-refractivity contribution in [3.05, 3.63) is 70.6 Å². The number of rotatable bonds is 0. The number of aryl methyl sites for hydroxylation is 1. The molecule has 0 fully saturated rings. The van der Waals surface area contributed by atoms with Crippen LogP contribution in [0.3, 0.4) is 0 Å². The summed E-state index contributed by atoms with van der Waals surface area (Å²) in [6.45, 7) is 10.2. The Bertz CT molecular complexity index is 695. The van der Waals surface area contributed by atoms with Crippen LogP contribution < -0.4 is 10.4 Å². The van der Waals surface area contributed by atoms with Gasteiger partial charge in [-0.2, -0.15) is 0 Å². The topological polar surface area (TPSA) is 0 Å². The fourth-order valence-electron chi connectivity index (χ4n) is 1.86. The Balaban J connectivity index is 3.08. The van der Waals surface area contributed by atoms with Crippen molar-refractivity contribution in [3.63, 3.8) is 0 Å². The van der Waals surface area contributed by atoms with Gasteiger partial charge in [-0.15, -0.1) is 0 Å². The molecule has 0 aromatic heterocycles. The van der Waals surface area contributed by atoms with E-state index in [0.717, 1.165) is 10.4 Å². The molecular weight excluding hydrogens is 204 g/mol. The Morgan fingerprint density at radius 3 is 2.29 bits per heavy atom. The predicted octanol–water partition coefficient (Wildman–Crippen LogP) is 3.09. The van der Waals surface area contributed by atoms with Crippen LogP contribution in [0.5, 0.6) is 0 Å². The lowest BCUT2D eigenvalue weighted by atomic mass is 10.1. The van der Waals surface area contributed by atoms with Crippen molar-refractivity contribution < 1.29 is 0 Å². The third-order valence-corrected chi connectivity index (χ3v) is 2.91. The summed E-state index contributed by atoms with van der Waals surface area (Å²) < 4.78 is 0. The van der Waals surface area contributed by atoms with Crippen LogP contribution in [0.15, 0.2) is 54.6 Å². The normalized spacial score (nSPS) is 9.94. The second-order valence-corrected chi connectivity index (χ2v) is 4.17. The first-order valence-corrected chi connectivity index (χ1v) is 5.69. The van der Waals surface area contributed by atoms with E-state index in [9.17, 15) is 0 Å². The summed E-state index contributed by atoms with van der Waals surface area (Å²) in [5, 5.41) is 4.46. The van der Waals surface area contributed by atoms with Gasteiger partial charge in [-0.25, -0.2) is 0 Å². The third kappa shape index (κ3) is 2.54. The summed E-state index contributed by atoms with van der Waals surface area (Å²) >= 11 is 0. The van der Waals surface area contributed by atoms with Crippen molar-refractivity contribution in [2.75, 3.05) is 0 Å². The minimum Gasteiger partial charge on any atom is -0.0917 e. The van der Waals surface area contributed by atoms with Gasteiger partial charge in [0.25, 0.3) is 0 Å². The summed E-state index contributed by atoms with van der Waals surface area (Å²) in [5.74, 6) is 0. The van der Waals surface area contributed by atoms with E-state index >= 15 is 0 Å². The van der Waals surface area contributed by atoms with E-state index in [2.05, 4.69) is 44.3 Å². The van der Waals surface area contributed by atoms with Crippen LogP contribution in [0.4, 0.5) is 0 Å². The molecule has 0 atom stereocenters. The smallest absolute Gasteiger partial charge is 0.0149 e. The minimum atomic E-state index is 1.00. The lowest BCUT2D eigenvalue weighted by molar-refractivity contribution is 1.48. The van der Waals surface area contributed by atoms with Gasteiger partial charge in [0.2, 0.25) is 0 Å². The zero-order valence-corrected chi connectivity index (χ0v) is 10.1. The molecule has 0 aliphatic rings. The largest absolute Gasteiger partial charge is 0.0917 e. The van der Waals surface area contributed by atoms with Crippen molar-refractivity contribution in [1.82, 2.24) is 0 Å². The molecule has 0 nitrogen and oxygen atoms in total. The second-order valence-electron chi connectivity index (χ2n) is 4.17. The highest BCUT2D eigenvalue weighted by molar-refractivity contribution is 5.84. The van der Waals surface area contributed by atoms with Gasteiger partial charge in [-0.1, -0.05) is 61.7 Å². The van der Waals surface area contributed by atoms with Gasteiger partial charge in [0, 0.05) is 0 Å². The van der Waals surface area contributed by atoms with E-state index in [1.165, 1.54) is 16.3 Å². The summed E-state index contributed by atoms with van der Waals surface area (Å²) in [6, 6.07) is 18.4. The molecule has 84 valence electrons. The summed E-state index contributed by atoms with van der Waals surface area (Å²) in [6.07, 6.45) is 0. The van der Waals surface area contributed by atoms with Crippen LogP contribution in [0.25, 0.3) is 23.9 Å². The molecule has 0 aliphatic heterocycles. The Kier molecular flexibility index (Phi) is 3.24. The SMILES string of the molecule is C=c1ccccc(=C)c(C)c2ccccc2c1. The minimum absolute atomic E-state index is 1.00. The molecule has 0 saturated carbocycles. The zero-order valence-electron chi connectivity index (χ0n) is 10.1. The Hall–Kier alpha value is -2.08. The molecule has 2 rings (SSSR count). The Labute approximate surface area is 102 Å². The Morgan fingerprint density at radius 1 is 0.824 bits per heavy atom. The number of benzene rings is 1. The monoisotopic (exact) mass is 220 g/mol. The molecule has 17 heavy (non-hydrogen) atoms. The Morgan fingerprint density at radius 2 is 1.47 bits per heavy atom. The standard InChI is InChI=1S/C17H16/c1-13-8-4-5-9-14(2)15(3)17-11-7-6-10-16(17)12-13/h4-12H,1-2H2,3H3. The van der Waals surface area contributed by atoms with E-state index < -0.39 is 0 Å². The molecule has 0 spiro atoms. The van der Waals surface area contributed by atoms with Crippen LogP contribution in [-0.2, 0) is 0 Å². The molecule has 0 saturated heterocycles. The number of hydrogen-bond acceptors (Lipinski definition) is 0. The van der Waals surface area contributed by atoms with E-state index in [1.807, 2.05) is 30.3 Å². The molecule has 0 amide bonds. The predicted molar refractivity (Wildman–Crippen MR) is 76.6 cm³/mol. The molecule has 0 heteroatoms. The molecule has 0 aliphatic carbocycles. The summed E-state index contributed by atoms with van der Waals surface area (Å²) in [5.41, 5.74) is 1.20. The van der Waals surface area contributed by atoms with Crippen molar-refractivity contribution >= 4 is 23.9 Å². The molecule has 0 N–H and O–H groups in total. The fourth-order valence-corrected chi connectivity index (χ4v) is 1.86. The van der Waals surface area contributed by atoms with Gasteiger partial charge < -0.3 is 0 Å². The van der Waals surface area contributed by atoms with Crippen LogP contribution >= 0.6 is 0 Å². The van der Waals surface area contributed by atoms with E-state index in [-0.39, 0.29) is 0 Å². The van der Waals surface area contributed by atoms with Crippen molar-refractivity contribution in [2.24, 2.45) is 0 Å². The molecule has 0 radical (unpaired) electrons. The first kappa shape index (κ1) is 11.4. The third-order valence-electron chi connectivity index (χ3n) is 2.91. The molecule has 0 bridgehead atoms. The van der Waals surface area contributed by atoms with Gasteiger partial charge in [0.1, 0.15) is 0 Å². The maximum Gasteiger partial charge on any atom is -0.0149 e. The molecular formula is C17H16. The summed E-state index contributed by atoms with van der Waals surface area (Å²) in [7, 11) is 0. The fraction of sp³-hybridized carbons (Fsp3) is 0.0588. The van der Waals surface area contributed by atoms with Crippen molar-refractivity contribution in [2.45, 2.75) is 6.92 Å². The van der Waals surface area contributed by atoms with Gasteiger partial charge in [-0.3, -0.25) is 0 Å². The quantitative estimate of drug-likeness (QED) is 0.640. The average molecular weight is 220 g/mol. The van der Waals surface area contributed by atoms with Gasteiger partial charge >= 0.3 is 0 Å². The van der Waals surface area contributed by atoms with Gasteiger partial charge in [-0.05, 0) is 39.8 Å². The van der Waals surface area contributed by atoms with Gasteiger partial charge in [0.05, 0.1) is 0 Å². The van der Waals surface area contributed by atoms with E-state index in [0.29, 0.717) is 0 Å². The molecule has 2 aromatic carbocycles. The molecule has 0 unspecified atom stereocenters.